The standard InChI is InChI=1S/C13H16Cl2N2O3S/c1-2-5-17(9-3-4-9)13(18)10-6-8(14)7-11(12(10)15)21(16,19)20/h6-7,9H,2-5H2,1H3,(H2,16,19,20). The van der Waals surface area contributed by atoms with E-state index in [2.05, 4.69) is 0 Å². The number of nitrogens with zero attached hydrogens (tertiary/aromatic N) is 1. The smallest absolute Gasteiger partial charge is 0.255 e. The molecule has 21 heavy (non-hydrogen) atoms. The van der Waals surface area contributed by atoms with Gasteiger partial charge in [-0.25, -0.2) is 13.6 Å². The van der Waals surface area contributed by atoms with Crippen LogP contribution in [0.2, 0.25) is 10.0 Å². The van der Waals surface area contributed by atoms with Crippen molar-refractivity contribution in [3.63, 3.8) is 0 Å². The van der Waals surface area contributed by atoms with Gasteiger partial charge in [-0.3, -0.25) is 4.79 Å². The van der Waals surface area contributed by atoms with Crippen LogP contribution in [0.3, 0.4) is 0 Å². The van der Waals surface area contributed by atoms with Crippen molar-refractivity contribution in [1.29, 1.82) is 0 Å². The van der Waals surface area contributed by atoms with Crippen molar-refractivity contribution in [2.45, 2.75) is 37.1 Å². The van der Waals surface area contributed by atoms with Gasteiger partial charge in [0.25, 0.3) is 5.91 Å². The Hall–Kier alpha value is -0.820. The summed E-state index contributed by atoms with van der Waals surface area (Å²) in [6, 6.07) is 2.73. The average Bonchev–Trinajstić information content (AvgIpc) is 3.20. The zero-order chi connectivity index (χ0) is 15.8. The number of sulfonamides is 1. The van der Waals surface area contributed by atoms with E-state index >= 15 is 0 Å². The third-order valence-corrected chi connectivity index (χ3v) is 4.93. The molecule has 1 fully saturated rings. The molecule has 0 heterocycles. The highest BCUT2D eigenvalue weighted by Gasteiger charge is 2.34. The molecular weight excluding hydrogens is 335 g/mol. The zero-order valence-corrected chi connectivity index (χ0v) is 13.8. The van der Waals surface area contributed by atoms with Gasteiger partial charge in [0.2, 0.25) is 10.0 Å². The molecule has 0 atom stereocenters. The fraction of sp³-hybridized carbons (Fsp3) is 0.462. The minimum absolute atomic E-state index is 0.0774. The van der Waals surface area contributed by atoms with Gasteiger partial charge in [-0.2, -0.15) is 0 Å². The van der Waals surface area contributed by atoms with Crippen LogP contribution in [0.15, 0.2) is 17.0 Å². The maximum Gasteiger partial charge on any atom is 0.255 e. The Balaban J connectivity index is 2.48. The van der Waals surface area contributed by atoms with Gasteiger partial charge in [0.1, 0.15) is 4.90 Å². The first-order valence-corrected chi connectivity index (χ1v) is 8.88. The van der Waals surface area contributed by atoms with Crippen molar-refractivity contribution in [2.75, 3.05) is 6.54 Å². The molecule has 1 amide bonds. The molecule has 0 spiro atoms. The second-order valence-corrected chi connectivity index (χ2v) is 7.38. The van der Waals surface area contributed by atoms with Crippen LogP contribution in [0.25, 0.3) is 0 Å². The molecule has 0 bridgehead atoms. The van der Waals surface area contributed by atoms with Crippen molar-refractivity contribution >= 4 is 39.1 Å². The van der Waals surface area contributed by atoms with E-state index in [-0.39, 0.29) is 32.5 Å². The van der Waals surface area contributed by atoms with Gasteiger partial charge in [-0.05, 0) is 31.4 Å². The number of rotatable bonds is 5. The highest BCUT2D eigenvalue weighted by molar-refractivity contribution is 7.89. The second kappa shape index (κ2) is 6.12. The quantitative estimate of drug-likeness (QED) is 0.886. The Morgan fingerprint density at radius 2 is 2.00 bits per heavy atom. The summed E-state index contributed by atoms with van der Waals surface area (Å²) < 4.78 is 23.1. The number of nitrogens with two attached hydrogens (primary N) is 1. The Bertz CT molecular complexity index is 672. The fourth-order valence-corrected chi connectivity index (χ4v) is 3.61. The number of benzene rings is 1. The number of halogens is 2. The van der Waals surface area contributed by atoms with Gasteiger partial charge in [0.05, 0.1) is 10.6 Å². The first-order valence-electron chi connectivity index (χ1n) is 6.58. The number of hydrogen-bond donors (Lipinski definition) is 1. The van der Waals surface area contributed by atoms with Gasteiger partial charge in [0.15, 0.2) is 0 Å². The third kappa shape index (κ3) is 3.69. The summed E-state index contributed by atoms with van der Waals surface area (Å²) in [7, 11) is -4.04. The highest BCUT2D eigenvalue weighted by atomic mass is 35.5. The van der Waals surface area contributed by atoms with Gasteiger partial charge >= 0.3 is 0 Å². The van der Waals surface area contributed by atoms with Gasteiger partial charge in [0, 0.05) is 17.6 Å². The molecule has 0 aliphatic heterocycles. The summed E-state index contributed by atoms with van der Waals surface area (Å²) in [6.07, 6.45) is 2.71. The summed E-state index contributed by atoms with van der Waals surface area (Å²) in [5.41, 5.74) is 0.0774. The molecule has 2 rings (SSSR count). The molecule has 0 radical (unpaired) electrons. The van der Waals surface area contributed by atoms with Crippen LogP contribution in [0, 0.1) is 0 Å². The molecule has 0 saturated heterocycles. The van der Waals surface area contributed by atoms with Crippen molar-refractivity contribution in [2.24, 2.45) is 5.14 Å². The van der Waals surface area contributed by atoms with Crippen LogP contribution in [0.1, 0.15) is 36.5 Å². The summed E-state index contributed by atoms with van der Waals surface area (Å²) in [5, 5.41) is 5.04. The summed E-state index contributed by atoms with van der Waals surface area (Å²) in [5.74, 6) is -0.309. The van der Waals surface area contributed by atoms with Gasteiger partial charge < -0.3 is 4.90 Å². The van der Waals surface area contributed by atoms with E-state index in [4.69, 9.17) is 28.3 Å². The van der Waals surface area contributed by atoms with Crippen LogP contribution in [-0.4, -0.2) is 31.8 Å². The predicted octanol–water partition coefficient (Wildman–Crippen LogP) is 2.66. The zero-order valence-electron chi connectivity index (χ0n) is 11.5. The molecule has 1 aliphatic rings. The normalized spacial score (nSPS) is 15.0. The Morgan fingerprint density at radius 3 is 2.48 bits per heavy atom. The Labute approximate surface area is 134 Å². The van der Waals surface area contributed by atoms with Gasteiger partial charge in [-0.15, -0.1) is 0 Å². The van der Waals surface area contributed by atoms with Crippen LogP contribution in [-0.2, 0) is 10.0 Å². The minimum Gasteiger partial charge on any atom is -0.336 e. The van der Waals surface area contributed by atoms with E-state index in [0.29, 0.717) is 6.54 Å². The number of hydrogen-bond acceptors (Lipinski definition) is 3. The van der Waals surface area contributed by atoms with Crippen molar-refractivity contribution in [3.05, 3.63) is 27.7 Å². The van der Waals surface area contributed by atoms with E-state index in [1.807, 2.05) is 6.92 Å². The summed E-state index contributed by atoms with van der Waals surface area (Å²) in [4.78, 5) is 14.0. The van der Waals surface area contributed by atoms with Crippen molar-refractivity contribution in [1.82, 2.24) is 4.90 Å². The molecule has 2 N–H and O–H groups in total. The molecule has 0 unspecified atom stereocenters. The van der Waals surface area contributed by atoms with Crippen LogP contribution in [0.4, 0.5) is 0 Å². The number of amides is 1. The lowest BCUT2D eigenvalue weighted by atomic mass is 10.2. The maximum atomic E-state index is 12.6. The minimum atomic E-state index is -4.04. The Kier molecular flexibility index (Phi) is 4.82. The SMILES string of the molecule is CCCN(C(=O)c1cc(Cl)cc(S(N)(=O)=O)c1Cl)C1CC1. The molecule has 1 aliphatic carbocycles. The van der Waals surface area contributed by atoms with Crippen LogP contribution < -0.4 is 5.14 Å². The molecule has 1 aromatic rings. The Morgan fingerprint density at radius 1 is 1.38 bits per heavy atom. The number of carbonyl (C=O) groups is 1. The van der Waals surface area contributed by atoms with Gasteiger partial charge in [-0.1, -0.05) is 30.1 Å². The van der Waals surface area contributed by atoms with Crippen LogP contribution >= 0.6 is 23.2 Å². The lowest BCUT2D eigenvalue weighted by Crippen LogP contribution is -2.34. The summed E-state index contributed by atoms with van der Waals surface area (Å²) in [6.45, 7) is 2.56. The molecular formula is C13H16Cl2N2O3S. The second-order valence-electron chi connectivity index (χ2n) is 5.04. The number of carbonyl (C=O) groups excluding carboxylic acids is 1. The lowest BCUT2D eigenvalue weighted by molar-refractivity contribution is 0.0743. The third-order valence-electron chi connectivity index (χ3n) is 3.25. The number of primary sulfonamides is 1. The van der Waals surface area contributed by atoms with Crippen molar-refractivity contribution in [3.8, 4) is 0 Å². The first kappa shape index (κ1) is 16.5. The molecule has 116 valence electrons. The molecule has 0 aromatic heterocycles. The molecule has 1 aromatic carbocycles. The molecule has 1 saturated carbocycles. The molecule has 8 heteroatoms. The largest absolute Gasteiger partial charge is 0.336 e. The van der Waals surface area contributed by atoms with E-state index in [1.54, 1.807) is 4.90 Å². The van der Waals surface area contributed by atoms with E-state index in [1.165, 1.54) is 6.07 Å². The van der Waals surface area contributed by atoms with E-state index in [9.17, 15) is 13.2 Å². The maximum absolute atomic E-state index is 12.6. The monoisotopic (exact) mass is 350 g/mol. The average molecular weight is 351 g/mol. The van der Waals surface area contributed by atoms with Crippen molar-refractivity contribution < 1.29 is 13.2 Å². The molecule has 5 nitrogen and oxygen atoms in total. The van der Waals surface area contributed by atoms with E-state index in [0.717, 1.165) is 25.3 Å². The van der Waals surface area contributed by atoms with E-state index < -0.39 is 10.0 Å². The predicted molar refractivity (Wildman–Crippen MR) is 82.2 cm³/mol. The summed E-state index contributed by atoms with van der Waals surface area (Å²) >= 11 is 12.0. The topological polar surface area (TPSA) is 80.5 Å². The first-order chi connectivity index (χ1) is 9.75. The highest BCUT2D eigenvalue weighted by Crippen LogP contribution is 2.33. The fourth-order valence-electron chi connectivity index (χ4n) is 2.16. The van der Waals surface area contributed by atoms with Crippen LogP contribution in [0.5, 0.6) is 0 Å². The lowest BCUT2D eigenvalue weighted by Gasteiger charge is -2.23.